The average Bonchev–Trinajstić information content (AvgIpc) is 2.76. The van der Waals surface area contributed by atoms with E-state index < -0.39 is 28.3 Å². The zero-order valence-corrected chi connectivity index (χ0v) is 16.6. The minimum Gasteiger partial charge on any atom is -0.399 e. The molecular formula is C18H28BNO4S. The predicted molar refractivity (Wildman–Crippen MR) is 99.5 cm³/mol. The molecule has 0 unspecified atom stereocenters. The lowest BCUT2D eigenvalue weighted by Gasteiger charge is -2.32. The van der Waals surface area contributed by atoms with Crippen molar-refractivity contribution >= 4 is 22.6 Å². The van der Waals surface area contributed by atoms with E-state index in [0.29, 0.717) is 18.0 Å². The van der Waals surface area contributed by atoms with Gasteiger partial charge in [0.25, 0.3) is 0 Å². The fourth-order valence-corrected chi connectivity index (χ4v) is 4.95. The van der Waals surface area contributed by atoms with E-state index in [1.54, 1.807) is 16.4 Å². The van der Waals surface area contributed by atoms with Gasteiger partial charge in [-0.1, -0.05) is 18.1 Å². The second kappa shape index (κ2) is 6.37. The number of nitrogens with zero attached hydrogens (tertiary/aromatic N) is 1. The molecule has 0 spiro atoms. The van der Waals surface area contributed by atoms with Crippen LogP contribution in [-0.2, 0) is 19.3 Å². The van der Waals surface area contributed by atoms with Crippen LogP contribution in [0.25, 0.3) is 0 Å². The highest BCUT2D eigenvalue weighted by atomic mass is 32.2. The lowest BCUT2D eigenvalue weighted by atomic mass is 9.78. The van der Waals surface area contributed by atoms with Gasteiger partial charge in [0, 0.05) is 13.1 Å². The zero-order valence-electron chi connectivity index (χ0n) is 15.8. The van der Waals surface area contributed by atoms with Crippen LogP contribution in [0.15, 0.2) is 23.1 Å². The molecule has 3 rings (SSSR count). The zero-order chi connectivity index (χ0) is 18.5. The van der Waals surface area contributed by atoms with E-state index in [1.165, 1.54) is 0 Å². The van der Waals surface area contributed by atoms with Crippen LogP contribution < -0.4 is 5.46 Å². The van der Waals surface area contributed by atoms with Gasteiger partial charge in [0.2, 0.25) is 10.0 Å². The normalized spacial score (nSPS) is 23.8. The van der Waals surface area contributed by atoms with E-state index in [1.807, 2.05) is 40.7 Å². The number of aryl methyl sites for hydroxylation is 1. The SMILES string of the molecule is Cc1cc(B2OC(C)(C)C(C)(C)O2)cc(S(=O)(=O)N2CCCCC2)c1. The van der Waals surface area contributed by atoms with Gasteiger partial charge in [-0.15, -0.1) is 0 Å². The van der Waals surface area contributed by atoms with E-state index >= 15 is 0 Å². The molecule has 1 aromatic carbocycles. The Labute approximate surface area is 151 Å². The number of rotatable bonds is 3. The Kier molecular flexibility index (Phi) is 4.82. The second-order valence-electron chi connectivity index (χ2n) is 8.13. The van der Waals surface area contributed by atoms with Crippen LogP contribution >= 0.6 is 0 Å². The topological polar surface area (TPSA) is 55.8 Å². The Bertz CT molecular complexity index is 738. The van der Waals surface area contributed by atoms with Gasteiger partial charge in [-0.2, -0.15) is 4.31 Å². The van der Waals surface area contributed by atoms with Gasteiger partial charge >= 0.3 is 7.12 Å². The summed E-state index contributed by atoms with van der Waals surface area (Å²) in [5.41, 5.74) is 0.748. The van der Waals surface area contributed by atoms with Gasteiger partial charge in [-0.3, -0.25) is 0 Å². The fourth-order valence-electron chi connectivity index (χ4n) is 3.30. The Morgan fingerprint density at radius 1 is 0.960 bits per heavy atom. The van der Waals surface area contributed by atoms with E-state index in [9.17, 15) is 8.42 Å². The molecule has 2 aliphatic heterocycles. The van der Waals surface area contributed by atoms with Crippen molar-refractivity contribution in [3.8, 4) is 0 Å². The lowest BCUT2D eigenvalue weighted by Crippen LogP contribution is -2.41. The van der Waals surface area contributed by atoms with E-state index in [2.05, 4.69) is 0 Å². The Hall–Kier alpha value is -0.885. The largest absolute Gasteiger partial charge is 0.494 e. The van der Waals surface area contributed by atoms with Gasteiger partial charge in [0.1, 0.15) is 0 Å². The molecule has 2 heterocycles. The molecule has 7 heteroatoms. The van der Waals surface area contributed by atoms with Crippen molar-refractivity contribution in [2.75, 3.05) is 13.1 Å². The summed E-state index contributed by atoms with van der Waals surface area (Å²) in [5.74, 6) is 0. The number of piperidine rings is 1. The molecule has 0 saturated carbocycles. The highest BCUT2D eigenvalue weighted by Crippen LogP contribution is 2.36. The molecule has 25 heavy (non-hydrogen) atoms. The Balaban J connectivity index is 1.94. The van der Waals surface area contributed by atoms with Crippen molar-refractivity contribution in [1.29, 1.82) is 0 Å². The minimum absolute atomic E-state index is 0.333. The first-order chi connectivity index (χ1) is 11.5. The second-order valence-corrected chi connectivity index (χ2v) is 10.1. The molecule has 0 radical (unpaired) electrons. The third kappa shape index (κ3) is 3.52. The van der Waals surface area contributed by atoms with Gasteiger partial charge in [-0.05, 0) is 65.1 Å². The van der Waals surface area contributed by atoms with Crippen LogP contribution in [0.3, 0.4) is 0 Å². The third-order valence-corrected chi connectivity index (χ3v) is 7.43. The summed E-state index contributed by atoms with van der Waals surface area (Å²) in [4.78, 5) is 0.333. The van der Waals surface area contributed by atoms with Crippen LogP contribution in [0, 0.1) is 6.92 Å². The molecule has 138 valence electrons. The summed E-state index contributed by atoms with van der Waals surface area (Å²) in [6.07, 6.45) is 2.95. The molecule has 0 aromatic heterocycles. The maximum absolute atomic E-state index is 13.0. The number of benzene rings is 1. The Morgan fingerprint density at radius 3 is 2.08 bits per heavy atom. The fraction of sp³-hybridized carbons (Fsp3) is 0.667. The molecule has 0 amide bonds. The minimum atomic E-state index is -3.47. The standard InChI is InChI=1S/C18H28BNO4S/c1-14-11-15(19-23-17(2,3)18(4,5)24-19)13-16(12-14)25(21,22)20-9-7-6-8-10-20/h11-13H,6-10H2,1-5H3. The monoisotopic (exact) mass is 365 g/mol. The summed E-state index contributed by atoms with van der Waals surface area (Å²) in [7, 11) is -4.03. The van der Waals surface area contributed by atoms with E-state index in [-0.39, 0.29) is 0 Å². The quantitative estimate of drug-likeness (QED) is 0.773. The van der Waals surface area contributed by atoms with Crippen LogP contribution in [0.1, 0.15) is 52.5 Å². The average molecular weight is 365 g/mol. The third-order valence-electron chi connectivity index (χ3n) is 5.55. The molecule has 0 bridgehead atoms. The van der Waals surface area contributed by atoms with E-state index in [4.69, 9.17) is 9.31 Å². The van der Waals surface area contributed by atoms with Crippen LogP contribution in [0.5, 0.6) is 0 Å². The van der Waals surface area contributed by atoms with Gasteiger partial charge in [0.15, 0.2) is 0 Å². The summed E-state index contributed by atoms with van der Waals surface area (Å²) in [6.45, 7) is 11.1. The van der Waals surface area contributed by atoms with Crippen molar-refractivity contribution in [2.45, 2.75) is 70.0 Å². The van der Waals surface area contributed by atoms with Gasteiger partial charge in [-0.25, -0.2) is 8.42 Å². The van der Waals surface area contributed by atoms with E-state index in [0.717, 1.165) is 30.3 Å². The first-order valence-electron chi connectivity index (χ1n) is 9.00. The molecule has 0 aliphatic carbocycles. The van der Waals surface area contributed by atoms with Crippen LogP contribution in [0.2, 0.25) is 0 Å². The first-order valence-corrected chi connectivity index (χ1v) is 10.4. The molecule has 2 aliphatic rings. The van der Waals surface area contributed by atoms with Crippen molar-refractivity contribution in [3.05, 3.63) is 23.8 Å². The first kappa shape index (κ1) is 18.9. The molecule has 5 nitrogen and oxygen atoms in total. The number of sulfonamides is 1. The number of hydrogen-bond donors (Lipinski definition) is 0. The van der Waals surface area contributed by atoms with Crippen molar-refractivity contribution in [3.63, 3.8) is 0 Å². The molecule has 0 N–H and O–H groups in total. The number of hydrogen-bond acceptors (Lipinski definition) is 4. The lowest BCUT2D eigenvalue weighted by molar-refractivity contribution is 0.00578. The van der Waals surface area contributed by atoms with Gasteiger partial charge < -0.3 is 9.31 Å². The van der Waals surface area contributed by atoms with Gasteiger partial charge in [0.05, 0.1) is 16.1 Å². The summed E-state index contributed by atoms with van der Waals surface area (Å²) < 4.78 is 39.8. The molecule has 2 fully saturated rings. The molecule has 2 saturated heterocycles. The summed E-state index contributed by atoms with van der Waals surface area (Å²) in [5, 5.41) is 0. The van der Waals surface area contributed by atoms with Crippen molar-refractivity contribution in [2.24, 2.45) is 0 Å². The highest BCUT2D eigenvalue weighted by Gasteiger charge is 2.51. The van der Waals surface area contributed by atoms with Crippen molar-refractivity contribution < 1.29 is 17.7 Å². The maximum Gasteiger partial charge on any atom is 0.494 e. The maximum atomic E-state index is 13.0. The Morgan fingerprint density at radius 2 is 1.52 bits per heavy atom. The summed E-state index contributed by atoms with van der Waals surface area (Å²) in [6, 6.07) is 5.38. The molecule has 0 atom stereocenters. The predicted octanol–water partition coefficient (Wildman–Crippen LogP) is 2.47. The molecule has 1 aromatic rings. The smallest absolute Gasteiger partial charge is 0.399 e. The highest BCUT2D eigenvalue weighted by molar-refractivity contribution is 7.89. The molecular weight excluding hydrogens is 337 g/mol. The van der Waals surface area contributed by atoms with Crippen molar-refractivity contribution in [1.82, 2.24) is 4.31 Å². The van der Waals surface area contributed by atoms with Crippen LogP contribution in [-0.4, -0.2) is 44.1 Å². The van der Waals surface area contributed by atoms with Crippen LogP contribution in [0.4, 0.5) is 0 Å². The summed E-state index contributed by atoms with van der Waals surface area (Å²) >= 11 is 0.